The zero-order chi connectivity index (χ0) is 71.2. The summed E-state index contributed by atoms with van der Waals surface area (Å²) in [4.78, 5) is 0. The molecule has 0 N–H and O–H groups in total. The van der Waals surface area contributed by atoms with Crippen LogP contribution in [0, 0.1) is 0 Å². The fourth-order valence-electron chi connectivity index (χ4n) is 9.32. The lowest BCUT2D eigenvalue weighted by atomic mass is 10.1. The Labute approximate surface area is 601 Å². The normalized spacial score (nSPS) is 23.4. The van der Waals surface area contributed by atoms with E-state index in [0.29, 0.717) is 36.6 Å². The summed E-state index contributed by atoms with van der Waals surface area (Å²) in [6.07, 6.45) is 46.1. The first-order chi connectivity index (χ1) is 48.0. The lowest BCUT2D eigenvalue weighted by molar-refractivity contribution is 0.0478. The van der Waals surface area contributed by atoms with Crippen molar-refractivity contribution in [2.45, 2.75) is 328 Å². The summed E-state index contributed by atoms with van der Waals surface area (Å²) < 4.78 is 98.7. The van der Waals surface area contributed by atoms with E-state index in [1.165, 1.54) is 186 Å². The summed E-state index contributed by atoms with van der Waals surface area (Å²) >= 11 is 0. The molecule has 19 heteroatoms. The van der Waals surface area contributed by atoms with Gasteiger partial charge in [-0.1, -0.05) is 182 Å². The summed E-state index contributed by atoms with van der Waals surface area (Å²) in [5.74, 6) is 0. The monoisotopic (exact) mass is 1410 g/mol. The van der Waals surface area contributed by atoms with Gasteiger partial charge in [-0.2, -0.15) is 0 Å². The molecule has 0 aromatic rings. The summed E-state index contributed by atoms with van der Waals surface area (Å²) in [5.41, 5.74) is 0.122. The van der Waals surface area contributed by atoms with Crippen LogP contribution in [0.2, 0.25) is 0 Å². The van der Waals surface area contributed by atoms with Crippen LogP contribution in [0.4, 0.5) is 0 Å². The van der Waals surface area contributed by atoms with E-state index in [4.69, 9.17) is 90.0 Å². The Bertz CT molecular complexity index is 1520. The predicted molar refractivity (Wildman–Crippen MR) is 394 cm³/mol. The van der Waals surface area contributed by atoms with Crippen molar-refractivity contribution in [3.8, 4) is 0 Å². The van der Waals surface area contributed by atoms with Gasteiger partial charge in [-0.3, -0.25) is 0 Å². The van der Waals surface area contributed by atoms with Crippen LogP contribution >= 0.6 is 0 Å². The van der Waals surface area contributed by atoms with Crippen LogP contribution in [0.15, 0.2) is 0 Å². The molecule has 8 aliphatic heterocycles. The number of ether oxygens (including phenoxy) is 19. The third-order valence-electron chi connectivity index (χ3n) is 16.8. The minimum absolute atomic E-state index is 0.0516. The molecule has 0 aliphatic carbocycles. The van der Waals surface area contributed by atoms with Crippen molar-refractivity contribution in [2.24, 2.45) is 0 Å². The van der Waals surface area contributed by atoms with E-state index in [2.05, 4.69) is 55.4 Å². The molecule has 9 atom stereocenters. The first-order valence-electron chi connectivity index (χ1n) is 40.2. The van der Waals surface area contributed by atoms with E-state index in [1.54, 1.807) is 21.3 Å². The van der Waals surface area contributed by atoms with Gasteiger partial charge in [-0.05, 0) is 91.4 Å². The average molecular weight is 1410 g/mol. The number of hydrogen-bond acceptors (Lipinski definition) is 19. The van der Waals surface area contributed by atoms with Crippen molar-refractivity contribution in [1.82, 2.24) is 0 Å². The van der Waals surface area contributed by atoms with Crippen LogP contribution in [-0.4, -0.2) is 241 Å². The highest BCUT2D eigenvalue weighted by molar-refractivity contribution is 4.87. The maximum absolute atomic E-state index is 5.56. The van der Waals surface area contributed by atoms with Crippen molar-refractivity contribution < 1.29 is 90.0 Å². The van der Waals surface area contributed by atoms with Gasteiger partial charge in [0.15, 0.2) is 6.29 Å². The number of unbranched alkanes of at least 4 members (excludes halogenated alkanes) is 26. The molecule has 8 fully saturated rings. The highest BCUT2D eigenvalue weighted by atomic mass is 16.8. The first-order valence-corrected chi connectivity index (χ1v) is 40.2. The van der Waals surface area contributed by atoms with Crippen LogP contribution in [0.25, 0.3) is 0 Å². The number of methoxy groups -OCH3 is 3. The van der Waals surface area contributed by atoms with Crippen molar-refractivity contribution >= 4 is 0 Å². The highest BCUT2D eigenvalue weighted by Gasteiger charge is 2.40. The standard InChI is InChI=1S/C13H26O2.C12H24O3.C11H22O3.2C10H20O2.C9H18O2.C8H16O3.C6H12O2/c1-3-4-5-6-7-8-9-10-14-11-13(2)12-15-13;1-13-8-6-4-2-3-5-7-9-14-10-12-11-15-12;1-11(10-14-11)9-13-8-6-4-3-5-7-12-2;1-2-3-4-5-6-7-11-8-10-9-12-10;1-2-3-4-5-6-7-8-11-10-9-12-10;1-3-4-5-6-10-7-9-8(2)11-9;1-9-4-2-3-5-10-6-8-7-11-8;1-2-3-7-4-6-5-8-6/h3-12H2,1-2H3;12H,2-11H2,1H3;3-10H2,1-2H3;2*10H,2-9H2,1H3;8-9H,3-7H2,1-2H3;8H,2-7H2,1H3;6H,2-5H2,1H3. The van der Waals surface area contributed by atoms with Gasteiger partial charge >= 0.3 is 0 Å². The average Bonchev–Trinajstić information content (AvgIpc) is 1.73. The van der Waals surface area contributed by atoms with Gasteiger partial charge in [0.1, 0.15) is 48.3 Å². The number of rotatable bonds is 63. The van der Waals surface area contributed by atoms with Gasteiger partial charge in [0.05, 0.1) is 92.0 Å². The minimum Gasteiger partial charge on any atom is -0.385 e. The van der Waals surface area contributed by atoms with E-state index in [0.717, 1.165) is 197 Å². The Hall–Kier alpha value is -0.760. The minimum atomic E-state index is 0.0516. The van der Waals surface area contributed by atoms with Crippen LogP contribution < -0.4 is 0 Å². The topological polar surface area (TPSA) is 202 Å². The molecule has 8 rings (SSSR count). The molecule has 0 spiro atoms. The molecule has 8 aliphatic rings. The van der Waals surface area contributed by atoms with E-state index >= 15 is 0 Å². The zero-order valence-electron chi connectivity index (χ0n) is 65.5. The smallest absolute Gasteiger partial charge is 0.181 e. The van der Waals surface area contributed by atoms with Crippen molar-refractivity contribution in [2.75, 3.05) is 187 Å². The molecule has 8 saturated heterocycles. The van der Waals surface area contributed by atoms with Gasteiger partial charge in [0.2, 0.25) is 0 Å². The Kier molecular flexibility index (Phi) is 69.8. The van der Waals surface area contributed by atoms with Crippen molar-refractivity contribution in [3.63, 3.8) is 0 Å². The number of hydrogen-bond donors (Lipinski definition) is 0. The predicted octanol–water partition coefficient (Wildman–Crippen LogP) is 16.6. The molecular formula is C79H158O19. The lowest BCUT2D eigenvalue weighted by Gasteiger charge is -2.06. The SMILES string of the molecule is CCCCCCCCCOCC1(C)CO1.CCCCCCCCOC1CO1.CCCCCCCOCC1CO1.CCCCCOCC1OC1C.CCCOCC1CO1.COCCCCCCCCOCC1CO1.COCCCCCCOCC1(C)CO1.COCCCCOCC1CO1. The van der Waals surface area contributed by atoms with E-state index in [9.17, 15) is 0 Å². The zero-order valence-corrected chi connectivity index (χ0v) is 65.5. The van der Waals surface area contributed by atoms with Crippen LogP contribution in [0.1, 0.15) is 274 Å². The quantitative estimate of drug-likeness (QED) is 0.0410. The summed E-state index contributed by atoms with van der Waals surface area (Å²) in [7, 11) is 5.24. The number of epoxide rings is 8. The van der Waals surface area contributed by atoms with Gasteiger partial charge < -0.3 is 90.0 Å². The molecule has 0 aromatic carbocycles. The molecule has 9 unspecified atom stereocenters. The molecule has 0 aromatic heterocycles. The molecule has 0 bridgehead atoms. The molecule has 0 amide bonds. The van der Waals surface area contributed by atoms with Gasteiger partial charge in [-0.25, -0.2) is 0 Å². The molecule has 0 saturated carbocycles. The van der Waals surface area contributed by atoms with Crippen molar-refractivity contribution in [1.29, 1.82) is 0 Å². The van der Waals surface area contributed by atoms with Gasteiger partial charge in [0.25, 0.3) is 0 Å². The van der Waals surface area contributed by atoms with E-state index in [-0.39, 0.29) is 17.5 Å². The van der Waals surface area contributed by atoms with Crippen LogP contribution in [-0.2, 0) is 90.0 Å². The molecule has 19 nitrogen and oxygen atoms in total. The van der Waals surface area contributed by atoms with Crippen LogP contribution in [0.3, 0.4) is 0 Å². The van der Waals surface area contributed by atoms with Gasteiger partial charge in [0, 0.05) is 94.0 Å². The maximum atomic E-state index is 5.56. The summed E-state index contributed by atoms with van der Waals surface area (Å²) in [5, 5.41) is 0. The van der Waals surface area contributed by atoms with Crippen molar-refractivity contribution in [3.05, 3.63) is 0 Å². The molecule has 588 valence electrons. The van der Waals surface area contributed by atoms with Crippen LogP contribution in [0.5, 0.6) is 0 Å². The summed E-state index contributed by atoms with van der Waals surface area (Å²) in [6, 6.07) is 0. The van der Waals surface area contributed by atoms with Gasteiger partial charge in [-0.15, -0.1) is 0 Å². The molecule has 0 radical (unpaired) electrons. The maximum Gasteiger partial charge on any atom is 0.181 e. The first kappa shape index (κ1) is 95.3. The lowest BCUT2D eigenvalue weighted by Crippen LogP contribution is -2.14. The highest BCUT2D eigenvalue weighted by Crippen LogP contribution is 2.27. The third kappa shape index (κ3) is 79.4. The Morgan fingerprint density at radius 3 is 0.827 bits per heavy atom. The second kappa shape index (κ2) is 71.8. The Morgan fingerprint density at radius 1 is 0.296 bits per heavy atom. The largest absolute Gasteiger partial charge is 0.385 e. The Balaban J connectivity index is 0.000000563. The Morgan fingerprint density at radius 2 is 0.541 bits per heavy atom. The fraction of sp³-hybridized carbons (Fsp3) is 1.00. The second-order valence-corrected chi connectivity index (χ2v) is 28.0. The molecular weight excluding hydrogens is 1250 g/mol. The third-order valence-corrected chi connectivity index (χ3v) is 16.8. The van der Waals surface area contributed by atoms with E-state index in [1.807, 2.05) is 0 Å². The second-order valence-electron chi connectivity index (χ2n) is 28.0. The van der Waals surface area contributed by atoms with E-state index < -0.39 is 0 Å². The molecule has 98 heavy (non-hydrogen) atoms. The fourth-order valence-corrected chi connectivity index (χ4v) is 9.32. The molecule has 8 heterocycles. The summed E-state index contributed by atoms with van der Waals surface area (Å²) in [6.45, 7) is 38.7.